The minimum atomic E-state index is -5.08. The van der Waals surface area contributed by atoms with E-state index in [-0.39, 0.29) is 5.82 Å². The lowest BCUT2D eigenvalue weighted by Crippen LogP contribution is -2.21. The Hall–Kier alpha value is -6.98. The monoisotopic (exact) mass is 784 g/mol. The Balaban J connectivity index is 0.000000425. The van der Waals surface area contributed by atoms with Gasteiger partial charge in [0.05, 0.1) is 5.69 Å². The average molecular weight is 785 g/mol. The molecule has 2 heterocycles. The summed E-state index contributed by atoms with van der Waals surface area (Å²) in [7, 11) is 0. The van der Waals surface area contributed by atoms with Crippen molar-refractivity contribution in [1.29, 1.82) is 0 Å². The summed E-state index contributed by atoms with van der Waals surface area (Å²) in [5.74, 6) is -5.50. The molecule has 0 bridgehead atoms. The number of aromatic nitrogens is 3. The van der Waals surface area contributed by atoms with Gasteiger partial charge in [-0.15, -0.1) is 0 Å². The number of H-pyrrole nitrogens is 1. The smallest absolute Gasteiger partial charge is 0.475 e. The lowest BCUT2D eigenvalue weighted by atomic mass is 9.94. The van der Waals surface area contributed by atoms with E-state index in [4.69, 9.17) is 36.3 Å². The summed E-state index contributed by atoms with van der Waals surface area (Å²) < 4.78 is 80.0. The number of imidazole rings is 1. The quantitative estimate of drug-likeness (QED) is 0.0825. The molecule has 0 radical (unpaired) electrons. The lowest BCUT2D eigenvalue weighted by molar-refractivity contribution is -0.193. The molecular formula is C38H31F7N6O5. The Bertz CT molecular complexity index is 2320. The minimum Gasteiger partial charge on any atom is -0.475 e. The first-order valence-electron chi connectivity index (χ1n) is 16.1. The maximum absolute atomic E-state index is 16.6. The molecule has 11 nitrogen and oxygen atoms in total. The highest BCUT2D eigenvalue weighted by atomic mass is 19.4. The van der Waals surface area contributed by atoms with E-state index in [0.29, 0.717) is 39.6 Å². The zero-order chi connectivity index (χ0) is 41.4. The molecule has 6 aromatic rings. The van der Waals surface area contributed by atoms with Crippen molar-refractivity contribution in [3.05, 3.63) is 132 Å². The molecule has 56 heavy (non-hydrogen) atoms. The summed E-state index contributed by atoms with van der Waals surface area (Å²) in [4.78, 5) is 42.2. The van der Waals surface area contributed by atoms with Crippen LogP contribution >= 0.6 is 0 Å². The first-order chi connectivity index (χ1) is 26.3. The molecule has 6 rings (SSSR count). The summed E-state index contributed by atoms with van der Waals surface area (Å²) in [6.45, 7) is 2.04. The third-order valence-electron chi connectivity index (χ3n) is 7.90. The maximum atomic E-state index is 16.6. The van der Waals surface area contributed by atoms with E-state index in [1.807, 2.05) is 79.7 Å². The molecule has 0 aliphatic carbocycles. The molecule has 0 saturated heterocycles. The van der Waals surface area contributed by atoms with Gasteiger partial charge in [0.15, 0.2) is 0 Å². The number of rotatable bonds is 8. The van der Waals surface area contributed by atoms with Crippen LogP contribution in [0.2, 0.25) is 0 Å². The molecule has 0 saturated carbocycles. The van der Waals surface area contributed by atoms with Crippen LogP contribution in [-0.2, 0) is 16.0 Å². The number of carboxylic acid groups (broad SMARTS) is 2. The van der Waals surface area contributed by atoms with Gasteiger partial charge in [-0.2, -0.15) is 26.3 Å². The Kier molecular flexibility index (Phi) is 13.0. The van der Waals surface area contributed by atoms with Crippen LogP contribution in [0.5, 0.6) is 0 Å². The van der Waals surface area contributed by atoms with E-state index in [1.54, 1.807) is 30.6 Å². The number of fused-ring (bicyclic) bond motifs is 1. The highest BCUT2D eigenvalue weighted by Gasteiger charge is 2.39. The number of hydrogen-bond acceptors (Lipinski definition) is 7. The molecule has 8 N–H and O–H groups in total. The maximum Gasteiger partial charge on any atom is 0.490 e. The lowest BCUT2D eigenvalue weighted by Gasteiger charge is -2.22. The average Bonchev–Trinajstić information content (AvgIpc) is 3.64. The molecule has 2 aromatic heterocycles. The number of carbonyl (C=O) groups excluding carboxylic acids is 1. The predicted octanol–water partition coefficient (Wildman–Crippen LogP) is 8.14. The third-order valence-corrected chi connectivity index (χ3v) is 7.90. The standard InChI is InChI=1S/C34H29FN6O.2C2HF3O2/c1-2-20-16-27(21-8-4-3-5-9-21)30(35)28(17-20)31(40-23-12-13-24-22(18-23)14-15-38-32(24)36)34-39-19-29(41-34)25-10-6-7-11-26(25)33(37)42;2*3-2(4,5)1(6)7/h3-19,31,40H,2H2,1H3,(H2,36,38)(H2,37,42)(H,39,41);2*(H,6,7). The van der Waals surface area contributed by atoms with Crippen LogP contribution in [0.3, 0.4) is 0 Å². The number of alkyl halides is 6. The minimum absolute atomic E-state index is 0.347. The van der Waals surface area contributed by atoms with Crippen molar-refractivity contribution >= 4 is 40.1 Å². The van der Waals surface area contributed by atoms with Gasteiger partial charge in [0.2, 0.25) is 5.91 Å². The van der Waals surface area contributed by atoms with Crippen LogP contribution in [0.15, 0.2) is 103 Å². The van der Waals surface area contributed by atoms with E-state index in [2.05, 4.69) is 15.3 Å². The molecule has 4 aromatic carbocycles. The normalized spacial score (nSPS) is 11.7. The number of aryl methyl sites for hydroxylation is 1. The number of halogens is 7. The van der Waals surface area contributed by atoms with Gasteiger partial charge in [-0.25, -0.2) is 23.9 Å². The van der Waals surface area contributed by atoms with E-state index >= 15 is 4.39 Å². The van der Waals surface area contributed by atoms with Gasteiger partial charge in [-0.3, -0.25) is 4.79 Å². The van der Waals surface area contributed by atoms with Crippen LogP contribution in [0.25, 0.3) is 33.2 Å². The number of primary amides is 1. The Morgan fingerprint density at radius 2 is 1.45 bits per heavy atom. The largest absolute Gasteiger partial charge is 0.490 e. The van der Waals surface area contributed by atoms with Crippen molar-refractivity contribution < 1.29 is 55.3 Å². The van der Waals surface area contributed by atoms with Crippen molar-refractivity contribution in [3.63, 3.8) is 0 Å². The Labute approximate surface area is 312 Å². The first-order valence-corrected chi connectivity index (χ1v) is 16.1. The number of benzene rings is 4. The number of carboxylic acids is 2. The molecule has 1 unspecified atom stereocenters. The van der Waals surface area contributed by atoms with Gasteiger partial charge in [-0.05, 0) is 59.3 Å². The van der Waals surface area contributed by atoms with E-state index in [9.17, 15) is 31.1 Å². The molecule has 18 heteroatoms. The van der Waals surface area contributed by atoms with Crippen molar-refractivity contribution in [2.45, 2.75) is 31.7 Å². The van der Waals surface area contributed by atoms with Gasteiger partial charge < -0.3 is 32.0 Å². The summed E-state index contributed by atoms with van der Waals surface area (Å²) in [5, 5.41) is 19.5. The fourth-order valence-electron chi connectivity index (χ4n) is 5.25. The Morgan fingerprint density at radius 1 is 0.839 bits per heavy atom. The number of nitrogen functional groups attached to an aromatic ring is 1. The second-order valence-corrected chi connectivity index (χ2v) is 11.7. The molecule has 1 amide bonds. The number of anilines is 2. The SMILES string of the molecule is CCc1cc(-c2ccccc2)c(F)c(C(Nc2ccc3c(N)nccc3c2)c2nc(-c3ccccc3C(N)=O)c[nH]2)c1.O=C(O)C(F)(F)F.O=C(O)C(F)(F)F. The van der Waals surface area contributed by atoms with Crippen LogP contribution in [-0.4, -0.2) is 55.4 Å². The van der Waals surface area contributed by atoms with Crippen LogP contribution in [0, 0.1) is 5.82 Å². The molecule has 0 aliphatic heterocycles. The van der Waals surface area contributed by atoms with Gasteiger partial charge in [0.1, 0.15) is 23.5 Å². The molecular weight excluding hydrogens is 753 g/mol. The van der Waals surface area contributed by atoms with Gasteiger partial charge >= 0.3 is 24.3 Å². The number of nitrogens with two attached hydrogens (primary N) is 2. The van der Waals surface area contributed by atoms with Crippen molar-refractivity contribution in [2.75, 3.05) is 11.1 Å². The van der Waals surface area contributed by atoms with Crippen molar-refractivity contribution in [3.8, 4) is 22.4 Å². The van der Waals surface area contributed by atoms with E-state index < -0.39 is 36.2 Å². The van der Waals surface area contributed by atoms with Crippen LogP contribution in [0.4, 0.5) is 42.2 Å². The highest BCUT2D eigenvalue weighted by molar-refractivity contribution is 5.99. The van der Waals surface area contributed by atoms with E-state index in [0.717, 1.165) is 34.0 Å². The fourth-order valence-corrected chi connectivity index (χ4v) is 5.25. The number of pyridine rings is 1. The number of nitrogens with one attached hydrogen (secondary N) is 2. The fraction of sp³-hybridized carbons (Fsp3) is 0.132. The topological polar surface area (TPSA) is 197 Å². The van der Waals surface area contributed by atoms with Crippen LogP contribution in [0.1, 0.15) is 40.3 Å². The summed E-state index contributed by atoms with van der Waals surface area (Å²) in [5.41, 5.74) is 16.7. The molecule has 292 valence electrons. The van der Waals surface area contributed by atoms with E-state index in [1.165, 1.54) is 0 Å². The van der Waals surface area contributed by atoms with Gasteiger partial charge in [0, 0.05) is 45.7 Å². The number of nitrogens with zero attached hydrogens (tertiary/aromatic N) is 2. The summed E-state index contributed by atoms with van der Waals surface area (Å²) in [6.07, 6.45) is -6.08. The number of amides is 1. The second-order valence-electron chi connectivity index (χ2n) is 11.7. The van der Waals surface area contributed by atoms with Gasteiger partial charge in [0.25, 0.3) is 0 Å². The number of hydrogen-bond donors (Lipinski definition) is 6. The predicted molar refractivity (Wildman–Crippen MR) is 193 cm³/mol. The van der Waals surface area contributed by atoms with Gasteiger partial charge in [-0.1, -0.05) is 61.5 Å². The zero-order valence-corrected chi connectivity index (χ0v) is 28.9. The molecule has 0 spiro atoms. The molecule has 0 fully saturated rings. The number of aliphatic carboxylic acids is 2. The third kappa shape index (κ3) is 10.4. The molecule has 1 atom stereocenters. The molecule has 0 aliphatic rings. The van der Waals surface area contributed by atoms with Crippen LogP contribution < -0.4 is 16.8 Å². The number of aromatic amines is 1. The highest BCUT2D eigenvalue weighted by Crippen LogP contribution is 2.36. The van der Waals surface area contributed by atoms with Crippen molar-refractivity contribution in [1.82, 2.24) is 15.0 Å². The summed E-state index contributed by atoms with van der Waals surface area (Å²) in [6, 6.07) is 27.2. The number of carbonyl (C=O) groups is 3. The first kappa shape index (κ1) is 41.8. The Morgan fingerprint density at radius 3 is 2.04 bits per heavy atom. The van der Waals surface area contributed by atoms with Crippen molar-refractivity contribution in [2.24, 2.45) is 5.73 Å². The summed E-state index contributed by atoms with van der Waals surface area (Å²) >= 11 is 0. The second kappa shape index (κ2) is 17.4. The zero-order valence-electron chi connectivity index (χ0n) is 28.9.